The minimum atomic E-state index is 0.0369. The zero-order chi connectivity index (χ0) is 17.9. The van der Waals surface area contributed by atoms with Crippen molar-refractivity contribution >= 4 is 35.1 Å². The van der Waals surface area contributed by atoms with Crippen LogP contribution in [0.5, 0.6) is 0 Å². The maximum absolute atomic E-state index is 12.8. The summed E-state index contributed by atoms with van der Waals surface area (Å²) in [6.07, 6.45) is 2.50. The summed E-state index contributed by atoms with van der Waals surface area (Å²) in [5.74, 6) is 1.11. The smallest absolute Gasteiger partial charge is 0.284 e. The Balaban J connectivity index is 1.45. The predicted molar refractivity (Wildman–Crippen MR) is 101 cm³/mol. The van der Waals surface area contributed by atoms with Gasteiger partial charge in [-0.3, -0.25) is 4.79 Å². The summed E-state index contributed by atoms with van der Waals surface area (Å²) in [6, 6.07) is 11.6. The van der Waals surface area contributed by atoms with Gasteiger partial charge in [-0.2, -0.15) is 0 Å². The molecule has 1 aliphatic rings. The minimum absolute atomic E-state index is 0.0369. The Bertz CT molecular complexity index is 895. The molecule has 6 nitrogen and oxygen atoms in total. The van der Waals surface area contributed by atoms with Crippen molar-refractivity contribution in [3.63, 3.8) is 0 Å². The third-order valence-corrected chi connectivity index (χ3v) is 6.04. The largest absolute Gasteiger partial charge is 0.459 e. The topological polar surface area (TPSA) is 72.4 Å². The Morgan fingerprint density at radius 1 is 1.31 bits per heavy atom. The molecule has 0 unspecified atom stereocenters. The first-order chi connectivity index (χ1) is 12.7. The summed E-state index contributed by atoms with van der Waals surface area (Å²) in [4.78, 5) is 15.8. The summed E-state index contributed by atoms with van der Waals surface area (Å²) in [6.45, 7) is 2.91. The van der Waals surface area contributed by atoms with E-state index in [1.54, 1.807) is 18.4 Å². The van der Waals surface area contributed by atoms with E-state index in [0.717, 1.165) is 17.0 Å². The zero-order valence-electron chi connectivity index (χ0n) is 14.1. The van der Waals surface area contributed by atoms with Gasteiger partial charge in [-0.05, 0) is 30.7 Å². The number of aromatic nitrogens is 2. The lowest BCUT2D eigenvalue weighted by molar-refractivity contribution is -0.116. The molecule has 1 amide bonds. The molecule has 0 fully saturated rings. The Morgan fingerprint density at radius 2 is 2.19 bits per heavy atom. The Morgan fingerprint density at radius 3 is 3.04 bits per heavy atom. The second-order valence-electron chi connectivity index (χ2n) is 5.87. The number of rotatable bonds is 4. The lowest BCUT2D eigenvalue weighted by Crippen LogP contribution is -2.33. The monoisotopic (exact) mass is 387 g/mol. The highest BCUT2D eigenvalue weighted by Gasteiger charge is 2.24. The number of fused-ring (bicyclic) bond motifs is 1. The van der Waals surface area contributed by atoms with Gasteiger partial charge in [0.1, 0.15) is 0 Å². The first kappa shape index (κ1) is 17.2. The highest BCUT2D eigenvalue weighted by molar-refractivity contribution is 8.00. The zero-order valence-corrected chi connectivity index (χ0v) is 15.8. The van der Waals surface area contributed by atoms with E-state index in [1.807, 2.05) is 34.9 Å². The van der Waals surface area contributed by atoms with Gasteiger partial charge in [0.2, 0.25) is 5.91 Å². The molecule has 0 spiro atoms. The molecule has 134 valence electrons. The molecule has 4 rings (SSSR count). The van der Waals surface area contributed by atoms with Gasteiger partial charge < -0.3 is 13.7 Å². The van der Waals surface area contributed by atoms with Crippen LogP contribution >= 0.6 is 23.5 Å². The molecular formula is C18H17N3O3S2. The van der Waals surface area contributed by atoms with Gasteiger partial charge >= 0.3 is 0 Å². The predicted octanol–water partition coefficient (Wildman–Crippen LogP) is 4.34. The van der Waals surface area contributed by atoms with E-state index in [4.69, 9.17) is 8.83 Å². The number of amides is 1. The number of carbonyl (C=O) groups is 1. The second-order valence-corrected chi connectivity index (χ2v) is 8.28. The van der Waals surface area contributed by atoms with E-state index in [9.17, 15) is 4.79 Å². The number of hydrogen-bond donors (Lipinski definition) is 0. The van der Waals surface area contributed by atoms with E-state index in [-0.39, 0.29) is 11.7 Å². The van der Waals surface area contributed by atoms with E-state index < -0.39 is 0 Å². The van der Waals surface area contributed by atoms with Crippen molar-refractivity contribution in [3.05, 3.63) is 42.7 Å². The lowest BCUT2D eigenvalue weighted by Gasteiger charge is -2.22. The van der Waals surface area contributed by atoms with Crippen molar-refractivity contribution in [1.82, 2.24) is 10.2 Å². The van der Waals surface area contributed by atoms with Crippen molar-refractivity contribution in [2.75, 3.05) is 17.2 Å². The average molecular weight is 387 g/mol. The minimum Gasteiger partial charge on any atom is -0.459 e. The molecule has 1 aromatic carbocycles. The third kappa shape index (κ3) is 3.66. The third-order valence-electron chi connectivity index (χ3n) is 4.00. The Hall–Kier alpha value is -2.19. The number of anilines is 1. The molecule has 0 bridgehead atoms. The van der Waals surface area contributed by atoms with Gasteiger partial charge in [-0.25, -0.2) is 0 Å². The van der Waals surface area contributed by atoms with Crippen LogP contribution in [0.3, 0.4) is 0 Å². The fraction of sp³-hybridized carbons (Fsp3) is 0.278. The van der Waals surface area contributed by atoms with Crippen molar-refractivity contribution in [1.29, 1.82) is 0 Å². The molecule has 0 aliphatic carbocycles. The van der Waals surface area contributed by atoms with E-state index >= 15 is 0 Å². The second kappa shape index (κ2) is 7.59. The maximum atomic E-state index is 12.8. The molecule has 26 heavy (non-hydrogen) atoms. The summed E-state index contributed by atoms with van der Waals surface area (Å²) in [7, 11) is 0. The number of nitrogens with zero attached hydrogens (tertiary/aromatic N) is 3. The summed E-state index contributed by atoms with van der Waals surface area (Å²) >= 11 is 3.06. The highest BCUT2D eigenvalue weighted by atomic mass is 32.2. The van der Waals surface area contributed by atoms with Crippen LogP contribution in [-0.4, -0.2) is 33.7 Å². The number of carbonyl (C=O) groups excluding carboxylic acids is 1. The quantitative estimate of drug-likeness (QED) is 0.617. The summed E-state index contributed by atoms with van der Waals surface area (Å²) in [5, 5.41) is 8.76. The van der Waals surface area contributed by atoms with Gasteiger partial charge in [-0.1, -0.05) is 30.8 Å². The van der Waals surface area contributed by atoms with Crippen LogP contribution < -0.4 is 4.90 Å². The normalized spacial score (nSPS) is 17.0. The maximum Gasteiger partial charge on any atom is 0.284 e. The van der Waals surface area contributed by atoms with Gasteiger partial charge in [0.25, 0.3) is 11.1 Å². The number of thioether (sulfide) groups is 2. The number of furan rings is 1. The molecule has 0 N–H and O–H groups in total. The van der Waals surface area contributed by atoms with Crippen LogP contribution in [0.15, 0.2) is 61.6 Å². The molecule has 8 heteroatoms. The average Bonchev–Trinajstić information content (AvgIpc) is 3.29. The van der Waals surface area contributed by atoms with Crippen molar-refractivity contribution in [2.24, 2.45) is 0 Å². The molecule has 3 aromatic rings. The molecule has 0 radical (unpaired) electrons. The molecule has 2 aromatic heterocycles. The SMILES string of the molecule is C[C@H]1CCN(C(=O)CSc2nnc(-c3ccco3)o2)c2ccccc2S1. The van der Waals surface area contributed by atoms with Gasteiger partial charge in [-0.15, -0.1) is 22.0 Å². The van der Waals surface area contributed by atoms with Crippen LogP contribution in [0, 0.1) is 0 Å². The van der Waals surface area contributed by atoms with Crippen molar-refractivity contribution in [2.45, 2.75) is 28.7 Å². The van der Waals surface area contributed by atoms with Gasteiger partial charge in [0, 0.05) is 16.7 Å². The molecule has 0 saturated carbocycles. The number of para-hydroxylation sites is 1. The standard InChI is InChI=1S/C18H17N3O3S2/c1-12-8-9-21(13-5-2-3-7-15(13)26-12)16(22)11-25-18-20-19-17(24-18)14-6-4-10-23-14/h2-7,10,12H,8-9,11H2,1H3/t12-/m0/s1. The Kier molecular flexibility index (Phi) is 5.03. The molecule has 0 saturated heterocycles. The van der Waals surface area contributed by atoms with Crippen LogP contribution in [0.2, 0.25) is 0 Å². The van der Waals surface area contributed by atoms with Gasteiger partial charge in [0.05, 0.1) is 17.7 Å². The number of hydrogen-bond acceptors (Lipinski definition) is 7. The molecule has 1 aliphatic heterocycles. The van der Waals surface area contributed by atoms with Crippen LogP contribution in [-0.2, 0) is 4.79 Å². The fourth-order valence-corrected chi connectivity index (χ4v) is 4.47. The van der Waals surface area contributed by atoms with E-state index in [0.29, 0.717) is 28.7 Å². The van der Waals surface area contributed by atoms with Crippen molar-refractivity contribution < 1.29 is 13.6 Å². The fourth-order valence-electron chi connectivity index (χ4n) is 2.72. The van der Waals surface area contributed by atoms with Crippen LogP contribution in [0.25, 0.3) is 11.7 Å². The highest BCUT2D eigenvalue weighted by Crippen LogP contribution is 2.37. The van der Waals surface area contributed by atoms with E-state index in [2.05, 4.69) is 23.2 Å². The first-order valence-corrected chi connectivity index (χ1v) is 10.1. The first-order valence-electron chi connectivity index (χ1n) is 8.27. The van der Waals surface area contributed by atoms with Gasteiger partial charge in [0.15, 0.2) is 5.76 Å². The van der Waals surface area contributed by atoms with Crippen LogP contribution in [0.1, 0.15) is 13.3 Å². The lowest BCUT2D eigenvalue weighted by atomic mass is 10.2. The van der Waals surface area contributed by atoms with Crippen molar-refractivity contribution in [3.8, 4) is 11.7 Å². The summed E-state index contributed by atoms with van der Waals surface area (Å²) in [5.41, 5.74) is 0.981. The molecule has 1 atom stereocenters. The van der Waals surface area contributed by atoms with Crippen LogP contribution in [0.4, 0.5) is 5.69 Å². The molecular weight excluding hydrogens is 370 g/mol. The summed E-state index contributed by atoms with van der Waals surface area (Å²) < 4.78 is 10.8. The molecule has 3 heterocycles. The van der Waals surface area contributed by atoms with E-state index in [1.165, 1.54) is 11.8 Å². The Labute approximate surface area is 159 Å². The number of benzene rings is 1.